The van der Waals surface area contributed by atoms with Gasteiger partial charge in [-0.25, -0.2) is 4.39 Å². The summed E-state index contributed by atoms with van der Waals surface area (Å²) in [5.74, 6) is -0.875. The number of rotatable bonds is 4. The first kappa shape index (κ1) is 13.9. The first-order chi connectivity index (χ1) is 9.08. The highest BCUT2D eigenvalue weighted by Gasteiger charge is 2.18. The molecule has 0 spiro atoms. The summed E-state index contributed by atoms with van der Waals surface area (Å²) < 4.78 is 14.2. The fourth-order valence-electron chi connectivity index (χ4n) is 1.78. The van der Waals surface area contributed by atoms with Gasteiger partial charge in [-0.3, -0.25) is 4.79 Å². The van der Waals surface area contributed by atoms with Gasteiger partial charge in [0, 0.05) is 10.9 Å². The molecule has 0 bridgehead atoms. The van der Waals surface area contributed by atoms with E-state index in [2.05, 4.69) is 15.9 Å². The molecular weight excluding hydrogens is 311 g/mol. The second-order valence-electron chi connectivity index (χ2n) is 4.19. The lowest BCUT2D eigenvalue weighted by Gasteiger charge is -2.10. The maximum absolute atomic E-state index is 13.5. The summed E-state index contributed by atoms with van der Waals surface area (Å²) in [5, 5.41) is 9.93. The summed E-state index contributed by atoms with van der Waals surface area (Å²) in [4.78, 5) is 11.9. The van der Waals surface area contributed by atoms with Gasteiger partial charge in [-0.2, -0.15) is 0 Å². The van der Waals surface area contributed by atoms with Crippen molar-refractivity contribution < 1.29 is 14.3 Å². The Morgan fingerprint density at radius 2 is 1.89 bits per heavy atom. The molecule has 98 valence electrons. The van der Waals surface area contributed by atoms with Crippen LogP contribution in [0.4, 0.5) is 4.39 Å². The van der Waals surface area contributed by atoms with Crippen molar-refractivity contribution in [3.63, 3.8) is 0 Å². The van der Waals surface area contributed by atoms with E-state index < -0.39 is 17.7 Å². The first-order valence-corrected chi connectivity index (χ1v) is 6.57. The molecule has 0 aliphatic carbocycles. The average Bonchev–Trinajstić information content (AvgIpc) is 2.43. The van der Waals surface area contributed by atoms with E-state index in [1.165, 1.54) is 6.07 Å². The number of benzene rings is 2. The highest BCUT2D eigenvalue weighted by Crippen LogP contribution is 2.20. The van der Waals surface area contributed by atoms with Crippen molar-refractivity contribution in [3.8, 4) is 0 Å². The third-order valence-electron chi connectivity index (χ3n) is 2.79. The molecule has 4 heteroatoms. The minimum Gasteiger partial charge on any atom is -0.381 e. The molecule has 1 unspecified atom stereocenters. The van der Waals surface area contributed by atoms with Crippen molar-refractivity contribution >= 4 is 21.7 Å². The standard InChI is InChI=1S/C15H12BrFO2/c16-12-6-7-13(17)11(8-12)9-14(18)15(19)10-4-2-1-3-5-10/h1-8,15,19H,9H2. The minimum atomic E-state index is -1.22. The van der Waals surface area contributed by atoms with Crippen LogP contribution >= 0.6 is 15.9 Å². The second-order valence-corrected chi connectivity index (χ2v) is 5.11. The number of carbonyl (C=O) groups is 1. The normalized spacial score (nSPS) is 12.2. The third-order valence-corrected chi connectivity index (χ3v) is 3.29. The van der Waals surface area contributed by atoms with Crippen LogP contribution in [0.5, 0.6) is 0 Å². The molecule has 0 saturated heterocycles. The molecule has 0 amide bonds. The molecule has 0 radical (unpaired) electrons. The van der Waals surface area contributed by atoms with E-state index in [0.717, 1.165) is 0 Å². The van der Waals surface area contributed by atoms with Crippen LogP contribution in [0.25, 0.3) is 0 Å². The van der Waals surface area contributed by atoms with E-state index >= 15 is 0 Å². The van der Waals surface area contributed by atoms with Gasteiger partial charge in [0.2, 0.25) is 0 Å². The van der Waals surface area contributed by atoms with Gasteiger partial charge >= 0.3 is 0 Å². The summed E-state index contributed by atoms with van der Waals surface area (Å²) in [5.41, 5.74) is 0.789. The predicted octanol–water partition coefficient (Wildman–Crippen LogP) is 3.43. The van der Waals surface area contributed by atoms with Gasteiger partial charge in [0.05, 0.1) is 0 Å². The topological polar surface area (TPSA) is 37.3 Å². The quantitative estimate of drug-likeness (QED) is 0.936. The zero-order valence-electron chi connectivity index (χ0n) is 10.0. The van der Waals surface area contributed by atoms with Gasteiger partial charge in [0.25, 0.3) is 0 Å². The number of carbonyl (C=O) groups excluding carboxylic acids is 1. The van der Waals surface area contributed by atoms with E-state index in [0.29, 0.717) is 10.0 Å². The lowest BCUT2D eigenvalue weighted by Crippen LogP contribution is -2.15. The minimum absolute atomic E-state index is 0.138. The van der Waals surface area contributed by atoms with Crippen molar-refractivity contribution in [2.75, 3.05) is 0 Å². The number of aliphatic hydroxyl groups is 1. The van der Waals surface area contributed by atoms with Crippen molar-refractivity contribution in [2.45, 2.75) is 12.5 Å². The van der Waals surface area contributed by atoms with Crippen LogP contribution in [0.1, 0.15) is 17.2 Å². The monoisotopic (exact) mass is 322 g/mol. The van der Waals surface area contributed by atoms with Crippen molar-refractivity contribution in [3.05, 3.63) is 69.9 Å². The second kappa shape index (κ2) is 6.08. The SMILES string of the molecule is O=C(Cc1cc(Br)ccc1F)C(O)c1ccccc1. The van der Waals surface area contributed by atoms with Crippen LogP contribution < -0.4 is 0 Å². The van der Waals surface area contributed by atoms with Crippen molar-refractivity contribution in [1.82, 2.24) is 0 Å². The fraction of sp³-hybridized carbons (Fsp3) is 0.133. The number of hydrogen-bond donors (Lipinski definition) is 1. The molecular formula is C15H12BrFO2. The number of ketones is 1. The van der Waals surface area contributed by atoms with Gasteiger partial charge in [0.15, 0.2) is 5.78 Å². The van der Waals surface area contributed by atoms with Crippen LogP contribution in [0.15, 0.2) is 53.0 Å². The number of Topliss-reactive ketones (excluding diaryl/α,β-unsaturated/α-hetero) is 1. The van der Waals surface area contributed by atoms with Crippen molar-refractivity contribution in [1.29, 1.82) is 0 Å². The lowest BCUT2D eigenvalue weighted by molar-refractivity contribution is -0.126. The van der Waals surface area contributed by atoms with Crippen LogP contribution in [0, 0.1) is 5.82 Å². The number of aliphatic hydroxyl groups excluding tert-OH is 1. The van der Waals surface area contributed by atoms with Gasteiger partial charge in [0.1, 0.15) is 11.9 Å². The maximum atomic E-state index is 13.5. The Kier molecular flexibility index (Phi) is 4.45. The molecule has 0 heterocycles. The van der Waals surface area contributed by atoms with E-state index in [1.54, 1.807) is 42.5 Å². The Balaban J connectivity index is 2.15. The molecule has 0 saturated carbocycles. The summed E-state index contributed by atoms with van der Waals surface area (Å²) in [6.07, 6.45) is -1.36. The van der Waals surface area contributed by atoms with Gasteiger partial charge in [-0.05, 0) is 29.3 Å². The lowest BCUT2D eigenvalue weighted by atomic mass is 10.00. The van der Waals surface area contributed by atoms with Crippen LogP contribution in [-0.4, -0.2) is 10.9 Å². The molecule has 1 N–H and O–H groups in total. The number of hydrogen-bond acceptors (Lipinski definition) is 2. The fourth-order valence-corrected chi connectivity index (χ4v) is 2.19. The van der Waals surface area contributed by atoms with E-state index in [4.69, 9.17) is 0 Å². The predicted molar refractivity (Wildman–Crippen MR) is 74.2 cm³/mol. The maximum Gasteiger partial charge on any atom is 0.170 e. The Hall–Kier alpha value is -1.52. The average molecular weight is 323 g/mol. The third kappa shape index (κ3) is 3.49. The van der Waals surface area contributed by atoms with Crippen molar-refractivity contribution in [2.24, 2.45) is 0 Å². The molecule has 2 nitrogen and oxygen atoms in total. The van der Waals surface area contributed by atoms with Crippen LogP contribution in [0.3, 0.4) is 0 Å². The smallest absolute Gasteiger partial charge is 0.170 e. The highest BCUT2D eigenvalue weighted by atomic mass is 79.9. The van der Waals surface area contributed by atoms with E-state index in [9.17, 15) is 14.3 Å². The molecule has 0 fully saturated rings. The Bertz CT molecular complexity index is 584. The highest BCUT2D eigenvalue weighted by molar-refractivity contribution is 9.10. The Morgan fingerprint density at radius 1 is 1.21 bits per heavy atom. The summed E-state index contributed by atoms with van der Waals surface area (Å²) in [7, 11) is 0. The molecule has 0 aromatic heterocycles. The largest absolute Gasteiger partial charge is 0.381 e. The van der Waals surface area contributed by atoms with Gasteiger partial charge < -0.3 is 5.11 Å². The van der Waals surface area contributed by atoms with Crippen LogP contribution in [0.2, 0.25) is 0 Å². The zero-order valence-corrected chi connectivity index (χ0v) is 11.6. The Morgan fingerprint density at radius 3 is 2.58 bits per heavy atom. The Labute approximate surface area is 119 Å². The molecule has 2 rings (SSSR count). The molecule has 2 aromatic carbocycles. The van der Waals surface area contributed by atoms with Crippen LogP contribution in [-0.2, 0) is 11.2 Å². The zero-order chi connectivity index (χ0) is 13.8. The summed E-state index contributed by atoms with van der Waals surface area (Å²) in [6, 6.07) is 13.0. The van der Waals surface area contributed by atoms with E-state index in [1.807, 2.05) is 0 Å². The molecule has 2 aromatic rings. The van der Waals surface area contributed by atoms with E-state index in [-0.39, 0.29) is 12.0 Å². The number of halogens is 2. The first-order valence-electron chi connectivity index (χ1n) is 5.77. The molecule has 0 aliphatic rings. The summed E-state index contributed by atoms with van der Waals surface area (Å²) in [6.45, 7) is 0. The molecule has 19 heavy (non-hydrogen) atoms. The van der Waals surface area contributed by atoms with Gasteiger partial charge in [-0.15, -0.1) is 0 Å². The molecule has 0 aliphatic heterocycles. The van der Waals surface area contributed by atoms with Gasteiger partial charge in [-0.1, -0.05) is 46.3 Å². The summed E-state index contributed by atoms with van der Waals surface area (Å²) >= 11 is 3.23. The molecule has 1 atom stereocenters.